The fourth-order valence-corrected chi connectivity index (χ4v) is 2.63. The highest BCUT2D eigenvalue weighted by atomic mass is 35.5. The molecule has 0 saturated carbocycles. The Kier molecular flexibility index (Phi) is 8.88. The van der Waals surface area contributed by atoms with Gasteiger partial charge in [0.05, 0.1) is 6.10 Å². The number of rotatable bonds is 9. The van der Waals surface area contributed by atoms with Gasteiger partial charge in [-0.3, -0.25) is 0 Å². The van der Waals surface area contributed by atoms with Crippen LogP contribution in [0.1, 0.15) is 38.7 Å². The summed E-state index contributed by atoms with van der Waals surface area (Å²) in [5, 5.41) is 9.91. The Bertz CT molecular complexity index is 502. The summed E-state index contributed by atoms with van der Waals surface area (Å²) in [7, 11) is 0. The number of hydrogen-bond acceptors (Lipinski definition) is 1. The van der Waals surface area contributed by atoms with Gasteiger partial charge < -0.3 is 5.11 Å². The molecule has 1 aromatic rings. The number of allylic oxidation sites excluding steroid dienone is 2. The largest absolute Gasteiger partial charge is 0.388 e. The lowest BCUT2D eigenvalue weighted by Crippen LogP contribution is -2.08. The van der Waals surface area contributed by atoms with Crippen molar-refractivity contribution in [2.24, 2.45) is 5.92 Å². The van der Waals surface area contributed by atoms with Gasteiger partial charge in [0.15, 0.2) is 0 Å². The Morgan fingerprint density at radius 1 is 1.32 bits per heavy atom. The Morgan fingerprint density at radius 3 is 2.59 bits per heavy atom. The second-order valence-electron chi connectivity index (χ2n) is 5.90. The molecule has 0 unspecified atom stereocenters. The first-order valence-electron chi connectivity index (χ1n) is 7.86. The van der Waals surface area contributed by atoms with Crippen molar-refractivity contribution in [3.05, 3.63) is 71.3 Å². The summed E-state index contributed by atoms with van der Waals surface area (Å²) in [5.74, 6) is 0.418. The first-order valence-corrected chi connectivity index (χ1v) is 8.29. The summed E-state index contributed by atoms with van der Waals surface area (Å²) in [4.78, 5) is 0. The molecule has 120 valence electrons. The normalized spacial score (nSPS) is 15.5. The summed E-state index contributed by atoms with van der Waals surface area (Å²) >= 11 is 5.97. The van der Waals surface area contributed by atoms with E-state index < -0.39 is 6.10 Å². The molecule has 1 N–H and O–H groups in total. The van der Waals surface area contributed by atoms with Crippen LogP contribution in [0.25, 0.3) is 0 Å². The summed E-state index contributed by atoms with van der Waals surface area (Å²) in [6.45, 7) is 7.82. The van der Waals surface area contributed by atoms with Gasteiger partial charge in [-0.05, 0) is 49.7 Å². The van der Waals surface area contributed by atoms with Crippen LogP contribution in [0, 0.1) is 5.92 Å². The third-order valence-electron chi connectivity index (χ3n) is 3.81. The lowest BCUT2D eigenvalue weighted by molar-refractivity contribution is 0.213. The monoisotopic (exact) mass is 318 g/mol. The molecule has 0 aliphatic carbocycles. The Labute approximate surface area is 140 Å². The number of hydrogen-bond donors (Lipinski definition) is 1. The standard InChI is InChI=1S/C20H27ClO/c1-4-8-20(22)17(3)13-16(2)11-12-19(15-21)14-18-9-6-5-7-10-18/h4-7,9-10,13,15-16,20,22H,1,8,11-12,14H2,2-3H3/b17-13+,19-15?/t16-,20+/m0/s1. The number of halogens is 1. The van der Waals surface area contributed by atoms with E-state index in [1.165, 1.54) is 11.1 Å². The zero-order valence-electron chi connectivity index (χ0n) is 13.6. The van der Waals surface area contributed by atoms with E-state index in [0.717, 1.165) is 24.8 Å². The first-order chi connectivity index (χ1) is 10.6. The molecule has 1 rings (SSSR count). The van der Waals surface area contributed by atoms with E-state index in [1.807, 2.05) is 13.0 Å². The third kappa shape index (κ3) is 7.11. The smallest absolute Gasteiger partial charge is 0.0781 e. The van der Waals surface area contributed by atoms with E-state index in [0.29, 0.717) is 12.3 Å². The van der Waals surface area contributed by atoms with Gasteiger partial charge in [0.25, 0.3) is 0 Å². The Balaban J connectivity index is 2.49. The zero-order valence-corrected chi connectivity index (χ0v) is 14.4. The van der Waals surface area contributed by atoms with Crippen molar-refractivity contribution in [3.63, 3.8) is 0 Å². The molecule has 0 heterocycles. The second kappa shape index (κ2) is 10.4. The first kappa shape index (κ1) is 18.7. The Hall–Kier alpha value is -1.31. The molecule has 0 fully saturated rings. The molecule has 22 heavy (non-hydrogen) atoms. The molecule has 0 aromatic heterocycles. The number of aliphatic hydroxyl groups excluding tert-OH is 1. The van der Waals surface area contributed by atoms with Crippen molar-refractivity contribution in [2.45, 2.75) is 45.6 Å². The van der Waals surface area contributed by atoms with Crippen molar-refractivity contribution < 1.29 is 5.11 Å². The van der Waals surface area contributed by atoms with Crippen LogP contribution in [0.5, 0.6) is 0 Å². The van der Waals surface area contributed by atoms with Gasteiger partial charge in [-0.1, -0.05) is 66.6 Å². The van der Waals surface area contributed by atoms with Crippen molar-refractivity contribution in [3.8, 4) is 0 Å². The Morgan fingerprint density at radius 2 is 2.00 bits per heavy atom. The highest BCUT2D eigenvalue weighted by molar-refractivity contribution is 6.25. The van der Waals surface area contributed by atoms with Crippen LogP contribution in [0.15, 0.2) is 65.7 Å². The van der Waals surface area contributed by atoms with Gasteiger partial charge in [-0.2, -0.15) is 0 Å². The fourth-order valence-electron chi connectivity index (χ4n) is 2.44. The van der Waals surface area contributed by atoms with Crippen molar-refractivity contribution >= 4 is 11.6 Å². The summed E-state index contributed by atoms with van der Waals surface area (Å²) in [6, 6.07) is 10.4. The van der Waals surface area contributed by atoms with Crippen molar-refractivity contribution in [2.75, 3.05) is 0 Å². The predicted octanol–water partition coefficient (Wildman–Crippen LogP) is 5.65. The van der Waals surface area contributed by atoms with Gasteiger partial charge >= 0.3 is 0 Å². The van der Waals surface area contributed by atoms with Crippen LogP contribution in [0.2, 0.25) is 0 Å². The zero-order chi connectivity index (χ0) is 16.4. The summed E-state index contributed by atoms with van der Waals surface area (Å²) in [6.07, 6.45) is 7.01. The molecular formula is C20H27ClO. The average molecular weight is 319 g/mol. The predicted molar refractivity (Wildman–Crippen MR) is 97.1 cm³/mol. The third-order valence-corrected chi connectivity index (χ3v) is 4.12. The van der Waals surface area contributed by atoms with E-state index in [4.69, 9.17) is 11.6 Å². The number of benzene rings is 1. The van der Waals surface area contributed by atoms with Gasteiger partial charge in [-0.15, -0.1) is 6.58 Å². The second-order valence-corrected chi connectivity index (χ2v) is 6.11. The maximum atomic E-state index is 9.91. The minimum atomic E-state index is -0.410. The molecule has 2 heteroatoms. The van der Waals surface area contributed by atoms with Crippen molar-refractivity contribution in [1.82, 2.24) is 0 Å². The van der Waals surface area contributed by atoms with Crippen LogP contribution >= 0.6 is 11.6 Å². The van der Waals surface area contributed by atoms with Gasteiger partial charge in [-0.25, -0.2) is 0 Å². The maximum absolute atomic E-state index is 9.91. The fraction of sp³-hybridized carbons (Fsp3) is 0.400. The highest BCUT2D eigenvalue weighted by Gasteiger charge is 2.08. The topological polar surface area (TPSA) is 20.2 Å². The van der Waals surface area contributed by atoms with Gasteiger partial charge in [0.1, 0.15) is 0 Å². The molecule has 0 spiro atoms. The summed E-state index contributed by atoms with van der Waals surface area (Å²) in [5.41, 5.74) is 5.27. The molecular weight excluding hydrogens is 292 g/mol. The minimum absolute atomic E-state index is 0.410. The molecule has 2 atom stereocenters. The number of aliphatic hydroxyl groups is 1. The molecule has 0 saturated heterocycles. The lowest BCUT2D eigenvalue weighted by atomic mass is 9.95. The van der Waals surface area contributed by atoms with Crippen LogP contribution in [-0.2, 0) is 6.42 Å². The van der Waals surface area contributed by atoms with E-state index in [9.17, 15) is 5.11 Å². The van der Waals surface area contributed by atoms with Crippen LogP contribution in [-0.4, -0.2) is 11.2 Å². The van der Waals surface area contributed by atoms with E-state index in [1.54, 1.807) is 11.6 Å². The quantitative estimate of drug-likeness (QED) is 0.583. The lowest BCUT2D eigenvalue weighted by Gasteiger charge is -2.13. The molecule has 0 radical (unpaired) electrons. The summed E-state index contributed by atoms with van der Waals surface area (Å²) < 4.78 is 0. The van der Waals surface area contributed by atoms with Crippen LogP contribution < -0.4 is 0 Å². The van der Waals surface area contributed by atoms with Gasteiger partial charge in [0, 0.05) is 5.54 Å². The van der Waals surface area contributed by atoms with E-state index in [2.05, 4.69) is 43.8 Å². The van der Waals surface area contributed by atoms with Crippen LogP contribution in [0.3, 0.4) is 0 Å². The SMILES string of the molecule is C=CC[C@@H](O)/C(C)=C/[C@@H](C)CCC(=CCl)Cc1ccccc1. The molecule has 0 bridgehead atoms. The minimum Gasteiger partial charge on any atom is -0.388 e. The molecule has 1 aromatic carbocycles. The molecule has 0 aliphatic rings. The van der Waals surface area contributed by atoms with Gasteiger partial charge in [0.2, 0.25) is 0 Å². The molecule has 0 amide bonds. The van der Waals surface area contributed by atoms with Crippen molar-refractivity contribution in [1.29, 1.82) is 0 Å². The average Bonchev–Trinajstić information content (AvgIpc) is 2.52. The van der Waals surface area contributed by atoms with Crippen LogP contribution in [0.4, 0.5) is 0 Å². The molecule has 0 aliphatic heterocycles. The molecule has 1 nitrogen and oxygen atoms in total. The maximum Gasteiger partial charge on any atom is 0.0781 e. The van der Waals surface area contributed by atoms with E-state index in [-0.39, 0.29) is 0 Å². The highest BCUT2D eigenvalue weighted by Crippen LogP contribution is 2.20. The van der Waals surface area contributed by atoms with E-state index >= 15 is 0 Å².